The van der Waals surface area contributed by atoms with Crippen molar-refractivity contribution in [3.05, 3.63) is 41.3 Å². The van der Waals surface area contributed by atoms with E-state index in [-0.39, 0.29) is 28.5 Å². The number of anilines is 2. The lowest BCUT2D eigenvalue weighted by atomic mass is 10.1. The molecule has 0 saturated heterocycles. The Morgan fingerprint density at radius 3 is 1.94 bits per heavy atom. The molecule has 0 aromatic heterocycles. The van der Waals surface area contributed by atoms with Crippen LogP contribution in [-0.2, 0) is 14.8 Å². The van der Waals surface area contributed by atoms with E-state index in [1.165, 1.54) is 52.7 Å². The second-order valence-corrected chi connectivity index (χ2v) is 7.83. The lowest BCUT2D eigenvalue weighted by molar-refractivity contribution is -0.167. The molecule has 1 amide bonds. The van der Waals surface area contributed by atoms with Gasteiger partial charge in [0.05, 0.1) is 50.8 Å². The number of methoxy groups -OCH3 is 4. The molecule has 0 unspecified atom stereocenters. The Kier molecular flexibility index (Phi) is 8.03. The van der Waals surface area contributed by atoms with E-state index >= 15 is 0 Å². The molecule has 0 aliphatic carbocycles. The Labute approximate surface area is 188 Å². The molecule has 180 valence electrons. The lowest BCUT2D eigenvalue weighted by Gasteiger charge is -2.15. The van der Waals surface area contributed by atoms with Crippen LogP contribution in [-0.4, -0.2) is 48.9 Å². The van der Waals surface area contributed by atoms with Crippen LogP contribution < -0.4 is 29.0 Å². The zero-order valence-electron chi connectivity index (χ0n) is 17.9. The normalized spacial score (nSPS) is 11.7. The van der Waals surface area contributed by atoms with Gasteiger partial charge in [0.25, 0.3) is 10.0 Å². The number of sulfonamides is 1. The zero-order chi connectivity index (χ0) is 24.8. The van der Waals surface area contributed by atoms with Gasteiger partial charge in [0.1, 0.15) is 23.0 Å². The fraction of sp³-hybridized carbons (Fsp3) is 0.250. The molecule has 2 N–H and O–H groups in total. The van der Waals surface area contributed by atoms with E-state index in [0.29, 0.717) is 5.75 Å². The number of halogens is 3. The molecule has 13 heteroatoms. The average Bonchev–Trinajstić information content (AvgIpc) is 2.77. The van der Waals surface area contributed by atoms with E-state index in [0.717, 1.165) is 17.5 Å². The Morgan fingerprint density at radius 2 is 1.45 bits per heavy atom. The standard InChI is InChI=1S/C20H21F3N2O7S/c1-29-12-5-6-15(16(9-12)24-19(26)20(21,22)23)25-33(27,28)8-7-14-17(31-3)10-13(30-2)11-18(14)32-4/h5-11,25H,1-4H3,(H,24,26)/b8-7+. The largest absolute Gasteiger partial charge is 0.497 e. The van der Waals surface area contributed by atoms with Gasteiger partial charge < -0.3 is 24.3 Å². The van der Waals surface area contributed by atoms with Gasteiger partial charge in [-0.1, -0.05) is 0 Å². The van der Waals surface area contributed by atoms with Crippen LogP contribution in [0.3, 0.4) is 0 Å². The number of carbonyl (C=O) groups is 1. The molecule has 0 bridgehead atoms. The van der Waals surface area contributed by atoms with Crippen LogP contribution in [0.1, 0.15) is 5.56 Å². The van der Waals surface area contributed by atoms with E-state index in [9.17, 15) is 26.4 Å². The minimum absolute atomic E-state index is 0.0960. The molecule has 33 heavy (non-hydrogen) atoms. The van der Waals surface area contributed by atoms with Crippen molar-refractivity contribution in [2.45, 2.75) is 6.18 Å². The minimum Gasteiger partial charge on any atom is -0.497 e. The highest BCUT2D eigenvalue weighted by molar-refractivity contribution is 7.95. The van der Waals surface area contributed by atoms with Crippen LogP contribution in [0.5, 0.6) is 23.0 Å². The van der Waals surface area contributed by atoms with Gasteiger partial charge in [0.2, 0.25) is 0 Å². The third kappa shape index (κ3) is 6.68. The molecule has 0 atom stereocenters. The highest BCUT2D eigenvalue weighted by Crippen LogP contribution is 2.35. The van der Waals surface area contributed by atoms with Gasteiger partial charge >= 0.3 is 12.1 Å². The summed E-state index contributed by atoms with van der Waals surface area (Å²) in [4.78, 5) is 11.3. The maximum absolute atomic E-state index is 12.7. The number of amides is 1. The highest BCUT2D eigenvalue weighted by atomic mass is 32.2. The monoisotopic (exact) mass is 490 g/mol. The second kappa shape index (κ2) is 10.3. The van der Waals surface area contributed by atoms with Gasteiger partial charge in [0.15, 0.2) is 0 Å². The van der Waals surface area contributed by atoms with Crippen molar-refractivity contribution in [1.29, 1.82) is 0 Å². The number of ether oxygens (including phenoxy) is 4. The molecule has 0 saturated carbocycles. The molecule has 9 nitrogen and oxygen atoms in total. The van der Waals surface area contributed by atoms with Crippen LogP contribution in [0.4, 0.5) is 24.5 Å². The van der Waals surface area contributed by atoms with Crippen LogP contribution in [0.25, 0.3) is 6.08 Å². The van der Waals surface area contributed by atoms with E-state index in [2.05, 4.69) is 4.72 Å². The minimum atomic E-state index is -5.18. The van der Waals surface area contributed by atoms with Crippen LogP contribution in [0.2, 0.25) is 0 Å². The fourth-order valence-electron chi connectivity index (χ4n) is 2.58. The van der Waals surface area contributed by atoms with Gasteiger partial charge in [-0.05, 0) is 18.2 Å². The van der Waals surface area contributed by atoms with Crippen molar-refractivity contribution in [2.24, 2.45) is 0 Å². The number of nitrogens with one attached hydrogen (secondary N) is 2. The van der Waals surface area contributed by atoms with Crippen molar-refractivity contribution in [2.75, 3.05) is 38.5 Å². The van der Waals surface area contributed by atoms with Crippen molar-refractivity contribution < 1.29 is 45.3 Å². The number of hydrogen-bond donors (Lipinski definition) is 2. The third-order valence-corrected chi connectivity index (χ3v) is 5.15. The molecule has 0 aliphatic heterocycles. The van der Waals surface area contributed by atoms with E-state index in [4.69, 9.17) is 18.9 Å². The zero-order valence-corrected chi connectivity index (χ0v) is 18.8. The summed E-state index contributed by atoms with van der Waals surface area (Å²) in [5.74, 6) is -1.27. The third-order valence-electron chi connectivity index (χ3n) is 4.15. The quantitative estimate of drug-likeness (QED) is 0.552. The van der Waals surface area contributed by atoms with Crippen LogP contribution in [0.15, 0.2) is 35.7 Å². The van der Waals surface area contributed by atoms with Gasteiger partial charge in [0, 0.05) is 18.2 Å². The first-order valence-electron chi connectivity index (χ1n) is 9.01. The summed E-state index contributed by atoms with van der Waals surface area (Å²) < 4.78 is 85.9. The molecule has 0 heterocycles. The van der Waals surface area contributed by atoms with Crippen LogP contribution >= 0.6 is 0 Å². The molecular weight excluding hydrogens is 469 g/mol. The predicted octanol–water partition coefficient (Wildman–Crippen LogP) is 3.63. The molecule has 2 aromatic carbocycles. The van der Waals surface area contributed by atoms with Gasteiger partial charge in [-0.25, -0.2) is 8.42 Å². The first-order chi connectivity index (χ1) is 15.4. The number of rotatable bonds is 9. The topological polar surface area (TPSA) is 112 Å². The fourth-order valence-corrected chi connectivity index (χ4v) is 3.45. The molecule has 0 fully saturated rings. The van der Waals surface area contributed by atoms with Crippen LogP contribution in [0, 0.1) is 0 Å². The number of alkyl halides is 3. The maximum Gasteiger partial charge on any atom is 0.471 e. The van der Waals surface area contributed by atoms with Crippen molar-refractivity contribution in [3.8, 4) is 23.0 Å². The van der Waals surface area contributed by atoms with E-state index in [1.807, 2.05) is 0 Å². The first-order valence-corrected chi connectivity index (χ1v) is 10.6. The van der Waals surface area contributed by atoms with Gasteiger partial charge in [-0.3, -0.25) is 9.52 Å². The summed E-state index contributed by atoms with van der Waals surface area (Å²) in [6.07, 6.45) is -4.00. The Hall–Kier alpha value is -3.61. The lowest BCUT2D eigenvalue weighted by Crippen LogP contribution is -2.30. The van der Waals surface area contributed by atoms with Crippen molar-refractivity contribution in [1.82, 2.24) is 0 Å². The van der Waals surface area contributed by atoms with Crippen molar-refractivity contribution >= 4 is 33.4 Å². The van der Waals surface area contributed by atoms with Crippen molar-refractivity contribution in [3.63, 3.8) is 0 Å². The SMILES string of the molecule is COc1ccc(NS(=O)(=O)/C=C/c2c(OC)cc(OC)cc2OC)c(NC(=O)C(F)(F)F)c1. The highest BCUT2D eigenvalue weighted by Gasteiger charge is 2.39. The molecule has 2 rings (SSSR count). The molecule has 0 spiro atoms. The molecule has 2 aromatic rings. The number of carbonyl (C=O) groups excluding carboxylic acids is 1. The second-order valence-electron chi connectivity index (χ2n) is 6.26. The summed E-state index contributed by atoms with van der Waals surface area (Å²) in [6, 6.07) is 6.51. The maximum atomic E-state index is 12.7. The average molecular weight is 490 g/mol. The molecular formula is C20H21F3N2O7S. The predicted molar refractivity (Wildman–Crippen MR) is 115 cm³/mol. The van der Waals surface area contributed by atoms with Gasteiger partial charge in [-0.2, -0.15) is 13.2 Å². The number of benzene rings is 2. The summed E-state index contributed by atoms with van der Waals surface area (Å²) in [7, 11) is 1.16. The summed E-state index contributed by atoms with van der Waals surface area (Å²) >= 11 is 0. The summed E-state index contributed by atoms with van der Waals surface area (Å²) in [6.45, 7) is 0. The Balaban J connectivity index is 2.40. The molecule has 0 radical (unpaired) electrons. The van der Waals surface area contributed by atoms with E-state index in [1.54, 1.807) is 5.32 Å². The Morgan fingerprint density at radius 1 is 0.879 bits per heavy atom. The smallest absolute Gasteiger partial charge is 0.471 e. The van der Waals surface area contributed by atoms with E-state index < -0.39 is 27.8 Å². The van der Waals surface area contributed by atoms with Gasteiger partial charge in [-0.15, -0.1) is 0 Å². The number of hydrogen-bond acceptors (Lipinski definition) is 7. The Bertz CT molecular complexity index is 1120. The summed E-state index contributed by atoms with van der Waals surface area (Å²) in [5.41, 5.74) is -0.494. The summed E-state index contributed by atoms with van der Waals surface area (Å²) in [5, 5.41) is 2.39. The first kappa shape index (κ1) is 25.6. The molecule has 0 aliphatic rings.